The first-order chi connectivity index (χ1) is 21.9. The molecule has 0 atom stereocenters. The highest BCUT2D eigenvalue weighted by Crippen LogP contribution is 2.35. The number of anilines is 2. The van der Waals surface area contributed by atoms with Crippen LogP contribution in [0, 0.1) is 5.92 Å². The molecule has 3 aromatic heterocycles. The molecule has 4 heterocycles. The topological polar surface area (TPSA) is 145 Å². The molecule has 0 aromatic carbocycles. The Morgan fingerprint density at radius 3 is 2.35 bits per heavy atom. The summed E-state index contributed by atoms with van der Waals surface area (Å²) in [5.41, 5.74) is -0.217. The van der Waals surface area contributed by atoms with Crippen molar-refractivity contribution in [2.45, 2.75) is 71.1 Å². The van der Waals surface area contributed by atoms with Crippen LogP contribution in [0.1, 0.15) is 80.5 Å². The van der Waals surface area contributed by atoms with Gasteiger partial charge in [-0.25, -0.2) is 23.1 Å². The van der Waals surface area contributed by atoms with Gasteiger partial charge in [-0.05, 0) is 46.5 Å². The Balaban J connectivity index is 1.35. The summed E-state index contributed by atoms with van der Waals surface area (Å²) in [5.74, 6) is -0.602. The second kappa shape index (κ2) is 13.6. The van der Waals surface area contributed by atoms with Gasteiger partial charge < -0.3 is 29.3 Å². The number of esters is 1. The third kappa shape index (κ3) is 7.21. The predicted molar refractivity (Wildman–Crippen MR) is 162 cm³/mol. The van der Waals surface area contributed by atoms with E-state index in [9.17, 15) is 23.2 Å². The van der Waals surface area contributed by atoms with Gasteiger partial charge in [-0.2, -0.15) is 10.2 Å². The SMILES string of the molecule is COCc1cn2ncc(C(=O)Nc3cn(C4CCC(C(=O)OC)CC4)nc3C(F)F)c2nc1N1CCN(C(=O)OC(C)(C)C)CC1. The number of rotatable bonds is 8. The van der Waals surface area contributed by atoms with E-state index in [2.05, 4.69) is 15.5 Å². The first-order valence-corrected chi connectivity index (χ1v) is 15.2. The minimum atomic E-state index is -2.92. The number of nitrogens with zero attached hydrogens (tertiary/aromatic N) is 7. The third-order valence-corrected chi connectivity index (χ3v) is 8.14. The van der Waals surface area contributed by atoms with Crippen LogP contribution in [0.3, 0.4) is 0 Å². The molecule has 250 valence electrons. The summed E-state index contributed by atoms with van der Waals surface area (Å²) >= 11 is 0. The van der Waals surface area contributed by atoms with Crippen LogP contribution in [0.15, 0.2) is 18.6 Å². The van der Waals surface area contributed by atoms with Gasteiger partial charge in [0.05, 0.1) is 37.6 Å². The molecule has 5 rings (SSSR count). The summed E-state index contributed by atoms with van der Waals surface area (Å²) in [5, 5.41) is 11.0. The first-order valence-electron chi connectivity index (χ1n) is 15.2. The molecule has 2 aliphatic rings. The summed E-state index contributed by atoms with van der Waals surface area (Å²) < 4.78 is 46.7. The molecule has 2 amide bonds. The first kappa shape index (κ1) is 33.0. The number of ether oxygens (including phenoxy) is 3. The van der Waals surface area contributed by atoms with Crippen molar-refractivity contribution in [2.24, 2.45) is 5.92 Å². The molecular weight excluding hydrogens is 606 g/mol. The highest BCUT2D eigenvalue weighted by atomic mass is 19.3. The lowest BCUT2D eigenvalue weighted by Crippen LogP contribution is -2.50. The fraction of sp³-hybridized carbons (Fsp3) is 0.600. The molecule has 0 bridgehead atoms. The number of hydrogen-bond donors (Lipinski definition) is 1. The summed E-state index contributed by atoms with van der Waals surface area (Å²) in [6.07, 6.45) is 3.39. The van der Waals surface area contributed by atoms with Crippen molar-refractivity contribution in [1.29, 1.82) is 0 Å². The van der Waals surface area contributed by atoms with Crippen LogP contribution in [0.5, 0.6) is 0 Å². The Labute approximate surface area is 264 Å². The fourth-order valence-corrected chi connectivity index (χ4v) is 5.84. The van der Waals surface area contributed by atoms with Gasteiger partial charge in [0.15, 0.2) is 11.3 Å². The van der Waals surface area contributed by atoms with E-state index in [1.54, 1.807) is 18.2 Å². The molecule has 1 aliphatic carbocycles. The van der Waals surface area contributed by atoms with Gasteiger partial charge in [0.25, 0.3) is 12.3 Å². The van der Waals surface area contributed by atoms with Gasteiger partial charge in [0.1, 0.15) is 17.0 Å². The summed E-state index contributed by atoms with van der Waals surface area (Å²) in [6.45, 7) is 7.42. The minimum absolute atomic E-state index is 0.0872. The van der Waals surface area contributed by atoms with E-state index in [0.29, 0.717) is 57.7 Å². The van der Waals surface area contributed by atoms with Crippen LogP contribution in [0.25, 0.3) is 5.65 Å². The second-order valence-corrected chi connectivity index (χ2v) is 12.5. The lowest BCUT2D eigenvalue weighted by atomic mass is 9.86. The molecule has 0 unspecified atom stereocenters. The molecule has 14 nitrogen and oxygen atoms in total. The van der Waals surface area contributed by atoms with Gasteiger partial charge in [-0.3, -0.25) is 14.3 Å². The molecule has 2 fully saturated rings. The van der Waals surface area contributed by atoms with E-state index in [1.165, 1.54) is 28.7 Å². The summed E-state index contributed by atoms with van der Waals surface area (Å²) in [4.78, 5) is 46.4. The molecule has 0 spiro atoms. The van der Waals surface area contributed by atoms with Crippen molar-refractivity contribution in [1.82, 2.24) is 29.3 Å². The Kier molecular flexibility index (Phi) is 9.74. The van der Waals surface area contributed by atoms with Crippen LogP contribution in [-0.2, 0) is 25.6 Å². The monoisotopic (exact) mass is 646 g/mol. The minimum Gasteiger partial charge on any atom is -0.469 e. The number of fused-ring (bicyclic) bond motifs is 1. The van der Waals surface area contributed by atoms with E-state index in [0.717, 1.165) is 5.56 Å². The molecule has 1 saturated carbocycles. The van der Waals surface area contributed by atoms with Gasteiger partial charge in [0, 0.05) is 51.2 Å². The van der Waals surface area contributed by atoms with Crippen molar-refractivity contribution in [2.75, 3.05) is 50.6 Å². The Morgan fingerprint density at radius 2 is 1.74 bits per heavy atom. The van der Waals surface area contributed by atoms with E-state index in [-0.39, 0.29) is 47.5 Å². The number of aromatic nitrogens is 5. The van der Waals surface area contributed by atoms with Crippen LogP contribution < -0.4 is 10.2 Å². The largest absolute Gasteiger partial charge is 0.469 e. The highest BCUT2D eigenvalue weighted by molar-refractivity contribution is 6.08. The zero-order valence-electron chi connectivity index (χ0n) is 26.7. The smallest absolute Gasteiger partial charge is 0.410 e. The van der Waals surface area contributed by atoms with Crippen molar-refractivity contribution < 1.29 is 37.4 Å². The number of piperazine rings is 1. The quantitative estimate of drug-likeness (QED) is 0.353. The Bertz CT molecular complexity index is 1570. The molecule has 16 heteroatoms. The number of methoxy groups -OCH3 is 2. The number of hydrogen-bond acceptors (Lipinski definition) is 10. The zero-order valence-corrected chi connectivity index (χ0v) is 26.7. The number of carbonyl (C=O) groups excluding carboxylic acids is 3. The van der Waals surface area contributed by atoms with Gasteiger partial charge in [0.2, 0.25) is 0 Å². The molecule has 46 heavy (non-hydrogen) atoms. The van der Waals surface area contributed by atoms with Crippen molar-refractivity contribution in [3.63, 3.8) is 0 Å². The summed E-state index contributed by atoms with van der Waals surface area (Å²) in [7, 11) is 2.90. The number of nitrogens with one attached hydrogen (secondary N) is 1. The molecule has 1 saturated heterocycles. The maximum atomic E-state index is 14.0. The van der Waals surface area contributed by atoms with Gasteiger partial charge in [-0.15, -0.1) is 0 Å². The normalized spacial score (nSPS) is 19.0. The van der Waals surface area contributed by atoms with Crippen molar-refractivity contribution in [3.05, 3.63) is 35.4 Å². The maximum absolute atomic E-state index is 14.0. The van der Waals surface area contributed by atoms with Gasteiger partial charge in [-0.1, -0.05) is 0 Å². The number of halogens is 2. The fourth-order valence-electron chi connectivity index (χ4n) is 5.84. The van der Waals surface area contributed by atoms with Crippen LogP contribution in [0.4, 0.5) is 25.1 Å². The highest BCUT2D eigenvalue weighted by Gasteiger charge is 2.31. The van der Waals surface area contributed by atoms with Crippen molar-refractivity contribution >= 4 is 35.1 Å². The Hall–Kier alpha value is -4.34. The second-order valence-electron chi connectivity index (χ2n) is 12.5. The predicted octanol–water partition coefficient (Wildman–Crippen LogP) is 4.22. The van der Waals surface area contributed by atoms with E-state index in [1.807, 2.05) is 25.7 Å². The average molecular weight is 647 g/mol. The van der Waals surface area contributed by atoms with Crippen LogP contribution in [0.2, 0.25) is 0 Å². The summed E-state index contributed by atoms with van der Waals surface area (Å²) in [6, 6.07) is -0.194. The van der Waals surface area contributed by atoms with E-state index < -0.39 is 23.6 Å². The molecule has 3 aromatic rings. The maximum Gasteiger partial charge on any atom is 0.410 e. The lowest BCUT2D eigenvalue weighted by Gasteiger charge is -2.36. The zero-order chi connectivity index (χ0) is 33.2. The molecule has 1 aliphatic heterocycles. The van der Waals surface area contributed by atoms with Crippen LogP contribution >= 0.6 is 0 Å². The average Bonchev–Trinajstić information content (AvgIpc) is 3.64. The lowest BCUT2D eigenvalue weighted by molar-refractivity contribution is -0.146. The molecule has 1 N–H and O–H groups in total. The van der Waals surface area contributed by atoms with E-state index in [4.69, 9.17) is 19.2 Å². The standard InChI is InChI=1S/C30H40F2N8O6/c1-30(2,3)46-29(43)38-12-10-37(11-13-38)25-19(17-44-4)15-40-26(35-25)21(14-33-40)27(41)34-22-16-39(36-23(22)24(31)32)20-8-6-18(7-9-20)28(42)45-5/h14-16,18,20,24H,6-13,17H2,1-5H3,(H,34,41). The van der Waals surface area contributed by atoms with Gasteiger partial charge >= 0.3 is 12.1 Å². The van der Waals surface area contributed by atoms with Crippen molar-refractivity contribution in [3.8, 4) is 0 Å². The number of amides is 2. The third-order valence-electron chi connectivity index (χ3n) is 8.14. The molecular formula is C30H40F2N8O6. The van der Waals surface area contributed by atoms with E-state index >= 15 is 0 Å². The number of alkyl halides is 2. The molecule has 0 radical (unpaired) electrons. The Morgan fingerprint density at radius 1 is 1.04 bits per heavy atom. The van der Waals surface area contributed by atoms with Crippen LogP contribution in [-0.4, -0.2) is 93.2 Å². The number of carbonyl (C=O) groups is 3.